The van der Waals surface area contributed by atoms with Crippen molar-refractivity contribution in [3.05, 3.63) is 211 Å². The normalized spacial score (nSPS) is 16.4. The van der Waals surface area contributed by atoms with E-state index in [-0.39, 0.29) is 6.04 Å². The molecule has 5 heteroatoms. The number of benzene rings is 8. The molecule has 2 nitrogen and oxygen atoms in total. The maximum Gasteiger partial charge on any atom is 0.416 e. The number of nitrogens with zero attached hydrogens (tertiary/aromatic N) is 2. The van der Waals surface area contributed by atoms with Gasteiger partial charge in [-0.05, 0) is 102 Å². The number of hydrogen-bond acceptors (Lipinski definition) is 2. The summed E-state index contributed by atoms with van der Waals surface area (Å²) in [6.07, 6.45) is -0.377. The Hall–Kier alpha value is -6.98. The number of anilines is 1. The van der Waals surface area contributed by atoms with Crippen molar-refractivity contribution in [2.45, 2.75) is 18.3 Å². The van der Waals surface area contributed by atoms with E-state index in [1.165, 1.54) is 17.7 Å². The molecule has 0 radical (unpaired) electrons. The van der Waals surface area contributed by atoms with Crippen LogP contribution in [0.5, 0.6) is 0 Å². The number of amidine groups is 1. The van der Waals surface area contributed by atoms with Crippen LogP contribution in [0.15, 0.2) is 211 Å². The molecule has 0 aromatic heterocycles. The van der Waals surface area contributed by atoms with Gasteiger partial charge in [0, 0.05) is 11.3 Å². The predicted molar refractivity (Wildman–Crippen MR) is 230 cm³/mol. The van der Waals surface area contributed by atoms with E-state index in [2.05, 4.69) is 127 Å². The topological polar surface area (TPSA) is 15.6 Å². The van der Waals surface area contributed by atoms with Crippen molar-refractivity contribution in [2.75, 3.05) is 4.90 Å². The van der Waals surface area contributed by atoms with E-state index >= 15 is 0 Å². The second-order valence-corrected chi connectivity index (χ2v) is 14.6. The van der Waals surface area contributed by atoms with Gasteiger partial charge < -0.3 is 4.90 Å². The van der Waals surface area contributed by atoms with Crippen molar-refractivity contribution >= 4 is 33.1 Å². The molecule has 10 rings (SSSR count). The van der Waals surface area contributed by atoms with Crippen molar-refractivity contribution in [3.8, 4) is 44.5 Å². The Morgan fingerprint density at radius 2 is 0.877 bits per heavy atom. The molecule has 57 heavy (non-hydrogen) atoms. The van der Waals surface area contributed by atoms with Gasteiger partial charge in [0.2, 0.25) is 0 Å². The maximum atomic E-state index is 13.8. The Labute approximate surface area is 329 Å². The predicted octanol–water partition coefficient (Wildman–Crippen LogP) is 13.7. The molecule has 2 unspecified atom stereocenters. The van der Waals surface area contributed by atoms with Crippen LogP contribution >= 0.6 is 0 Å². The lowest BCUT2D eigenvalue weighted by atomic mass is 9.84. The quantitative estimate of drug-likeness (QED) is 0.155. The van der Waals surface area contributed by atoms with Crippen LogP contribution < -0.4 is 4.90 Å². The fourth-order valence-electron chi connectivity index (χ4n) is 8.54. The molecule has 1 aliphatic heterocycles. The minimum absolute atomic E-state index is 0.364. The van der Waals surface area contributed by atoms with Crippen molar-refractivity contribution < 1.29 is 13.2 Å². The zero-order valence-corrected chi connectivity index (χ0v) is 30.7. The van der Waals surface area contributed by atoms with Crippen molar-refractivity contribution in [1.29, 1.82) is 0 Å². The molecule has 0 saturated carbocycles. The lowest BCUT2D eigenvalue weighted by Gasteiger charge is -2.30. The van der Waals surface area contributed by atoms with E-state index < -0.39 is 17.8 Å². The fourth-order valence-corrected chi connectivity index (χ4v) is 8.54. The summed E-state index contributed by atoms with van der Waals surface area (Å²) in [6, 6.07) is 62.3. The number of halogens is 3. The maximum absolute atomic E-state index is 13.8. The molecule has 274 valence electrons. The molecule has 0 N–H and O–H groups in total. The first-order valence-corrected chi connectivity index (χ1v) is 19.1. The average molecular weight is 745 g/mol. The van der Waals surface area contributed by atoms with Gasteiger partial charge in [-0.25, -0.2) is 0 Å². The number of hydrogen-bond donors (Lipinski definition) is 0. The van der Waals surface area contributed by atoms with Crippen LogP contribution in [0.25, 0.3) is 66.1 Å². The van der Waals surface area contributed by atoms with Crippen molar-refractivity contribution in [1.82, 2.24) is 0 Å². The third kappa shape index (κ3) is 6.22. The molecule has 8 aromatic rings. The third-order valence-electron chi connectivity index (χ3n) is 11.1. The Bertz CT molecular complexity index is 2760. The summed E-state index contributed by atoms with van der Waals surface area (Å²) in [4.78, 5) is 6.97. The van der Waals surface area contributed by atoms with Gasteiger partial charge in [0.25, 0.3) is 0 Å². The molecule has 1 heterocycles. The molecule has 0 saturated heterocycles. The van der Waals surface area contributed by atoms with Crippen molar-refractivity contribution in [2.24, 2.45) is 4.99 Å². The number of allylic oxidation sites excluding steroid dienone is 2. The SMILES string of the molecule is FC(F)(F)C1=CC2N=C(c3ccc(-c4c5ccccc5c(-c5cc(-c6ccccc6)cc(-c6ccccc6)c5)c5ccccc45)cc3)N(c3ccccc3)C2C=C1. The van der Waals surface area contributed by atoms with Crippen LogP contribution in [0, 0.1) is 0 Å². The smallest absolute Gasteiger partial charge is 0.317 e. The largest absolute Gasteiger partial charge is 0.416 e. The highest BCUT2D eigenvalue weighted by Gasteiger charge is 2.41. The van der Waals surface area contributed by atoms with Crippen LogP contribution in [-0.2, 0) is 0 Å². The van der Waals surface area contributed by atoms with Crippen LogP contribution in [-0.4, -0.2) is 24.1 Å². The van der Waals surface area contributed by atoms with Gasteiger partial charge in [-0.2, -0.15) is 13.2 Å². The highest BCUT2D eigenvalue weighted by molar-refractivity contribution is 6.22. The molecular weight excluding hydrogens is 710 g/mol. The highest BCUT2D eigenvalue weighted by Crippen LogP contribution is 2.46. The number of rotatable bonds is 6. The minimum Gasteiger partial charge on any atom is -0.317 e. The highest BCUT2D eigenvalue weighted by atomic mass is 19.4. The summed E-state index contributed by atoms with van der Waals surface area (Å²) >= 11 is 0. The summed E-state index contributed by atoms with van der Waals surface area (Å²) in [7, 11) is 0. The Balaban J connectivity index is 1.13. The van der Waals surface area contributed by atoms with Gasteiger partial charge in [0.05, 0.1) is 17.7 Å². The zero-order chi connectivity index (χ0) is 38.5. The first-order chi connectivity index (χ1) is 27.9. The Morgan fingerprint density at radius 1 is 0.439 bits per heavy atom. The van der Waals surface area contributed by atoms with Crippen LogP contribution in [0.4, 0.5) is 18.9 Å². The molecule has 2 atom stereocenters. The van der Waals surface area contributed by atoms with E-state index in [1.54, 1.807) is 6.08 Å². The summed E-state index contributed by atoms with van der Waals surface area (Å²) in [6.45, 7) is 0. The molecule has 0 fully saturated rings. The monoisotopic (exact) mass is 744 g/mol. The Morgan fingerprint density at radius 3 is 1.39 bits per heavy atom. The van der Waals surface area contributed by atoms with Gasteiger partial charge in [-0.3, -0.25) is 4.99 Å². The Kier molecular flexibility index (Phi) is 8.44. The lowest BCUT2D eigenvalue weighted by Crippen LogP contribution is -2.40. The summed E-state index contributed by atoms with van der Waals surface area (Å²) < 4.78 is 41.3. The molecule has 0 spiro atoms. The zero-order valence-electron chi connectivity index (χ0n) is 30.7. The van der Waals surface area contributed by atoms with Gasteiger partial charge in [0.15, 0.2) is 0 Å². The molecule has 0 bridgehead atoms. The van der Waals surface area contributed by atoms with E-state index in [9.17, 15) is 13.2 Å². The van der Waals surface area contributed by atoms with Gasteiger partial charge in [0.1, 0.15) is 5.84 Å². The number of alkyl halides is 3. The van der Waals surface area contributed by atoms with E-state index in [0.717, 1.165) is 71.7 Å². The van der Waals surface area contributed by atoms with Crippen molar-refractivity contribution in [3.63, 3.8) is 0 Å². The third-order valence-corrected chi connectivity index (χ3v) is 11.1. The van der Waals surface area contributed by atoms with E-state index in [0.29, 0.717) is 5.84 Å². The summed E-state index contributed by atoms with van der Waals surface area (Å²) in [5.74, 6) is 0.643. The standard InChI is InChI=1S/C52H35F3N2/c53-52(54,55)41-28-29-48-47(33-41)56-51(57(48)42-18-8-3-9-19-42)37-26-24-36(25-27-37)49-43-20-10-12-22-45(43)50(46-23-13-11-21-44(46)49)40-31-38(34-14-4-1-5-15-34)30-39(32-40)35-16-6-2-7-17-35/h1-33,47-48H. The van der Waals surface area contributed by atoms with Gasteiger partial charge >= 0.3 is 6.18 Å². The van der Waals surface area contributed by atoms with Crippen LogP contribution in [0.3, 0.4) is 0 Å². The molecule has 1 aliphatic carbocycles. The second-order valence-electron chi connectivity index (χ2n) is 14.6. The van der Waals surface area contributed by atoms with E-state index in [4.69, 9.17) is 4.99 Å². The number of aliphatic imine (C=N–C) groups is 1. The molecule has 2 aliphatic rings. The number of para-hydroxylation sites is 1. The average Bonchev–Trinajstić information content (AvgIpc) is 3.65. The molecule has 0 amide bonds. The molecular formula is C52H35F3N2. The van der Waals surface area contributed by atoms with Crippen LogP contribution in [0.2, 0.25) is 0 Å². The minimum atomic E-state index is -4.44. The van der Waals surface area contributed by atoms with Gasteiger partial charge in [-0.1, -0.05) is 164 Å². The van der Waals surface area contributed by atoms with Crippen LogP contribution in [0.1, 0.15) is 5.56 Å². The van der Waals surface area contributed by atoms with Gasteiger partial charge in [-0.15, -0.1) is 0 Å². The van der Waals surface area contributed by atoms with E-state index in [1.807, 2.05) is 59.5 Å². The molecule has 8 aromatic carbocycles. The summed E-state index contributed by atoms with van der Waals surface area (Å²) in [5.41, 5.74) is 10.2. The second kappa shape index (κ2) is 13.9. The lowest BCUT2D eigenvalue weighted by molar-refractivity contribution is -0.0887. The first kappa shape index (κ1) is 34.5. The first-order valence-electron chi connectivity index (χ1n) is 19.1. The fraction of sp³-hybridized carbons (Fsp3) is 0.0577. The summed E-state index contributed by atoms with van der Waals surface area (Å²) in [5, 5.41) is 4.57. The number of fused-ring (bicyclic) bond motifs is 3.